The Bertz CT molecular complexity index is 993. The second-order valence-corrected chi connectivity index (χ2v) is 15.3. The summed E-state index contributed by atoms with van der Waals surface area (Å²) >= 11 is 0. The van der Waals surface area contributed by atoms with Crippen LogP contribution >= 0.6 is 0 Å². The Hall–Kier alpha value is -0.920. The number of rotatable bonds is 6. The molecule has 2 saturated heterocycles. The standard InChI is InChI=1S/C34H55N2O4.BrH/c1-6-17-36(18-9-10-19-36)30-21-28-26-12-11-25-20-31(39-23(2)37)29(35-15-7-8-16-35)22-34(25,5)27(26)13-14-33(28,4)32(30)40-24(3)38;/h6,25-32H,1,7-22H2,2-5H3;1H/q+1;/p-1/t25?,26?,27?,28?,29-,30-,31-,32-,33-,34-;/m0./s1. The van der Waals surface area contributed by atoms with E-state index >= 15 is 0 Å². The number of carbonyl (C=O) groups is 2. The number of halogens is 1. The van der Waals surface area contributed by atoms with Crippen LogP contribution in [0.2, 0.25) is 0 Å². The molecule has 0 radical (unpaired) electrons. The predicted molar refractivity (Wildman–Crippen MR) is 156 cm³/mol. The van der Waals surface area contributed by atoms with Crippen molar-refractivity contribution in [2.75, 3.05) is 32.7 Å². The maximum Gasteiger partial charge on any atom is 0.303 e. The Morgan fingerprint density at radius 3 is 2.24 bits per heavy atom. The SMILES string of the molecule is C=CC[N+]1([C@H]2CC3C4CCC5C[C@H](OC(C)=O)[C@@H](N6CCCC6)C[C@]5(C)C4CC[C@]3(C)[C@H]2OC(C)=O)CCCC1.[Br-]. The molecule has 0 aromatic carbocycles. The number of ether oxygens (including phenoxy) is 2. The Morgan fingerprint density at radius 1 is 0.927 bits per heavy atom. The molecule has 0 spiro atoms. The summed E-state index contributed by atoms with van der Waals surface area (Å²) in [5, 5.41) is 0. The molecule has 6 nitrogen and oxygen atoms in total. The van der Waals surface area contributed by atoms with E-state index in [-0.39, 0.29) is 52.0 Å². The zero-order valence-electron chi connectivity index (χ0n) is 26.1. The van der Waals surface area contributed by atoms with Crippen molar-refractivity contribution in [1.29, 1.82) is 0 Å². The molecule has 0 aromatic heterocycles. The van der Waals surface area contributed by atoms with Gasteiger partial charge in [0, 0.05) is 44.6 Å². The van der Waals surface area contributed by atoms with E-state index in [0.717, 1.165) is 43.4 Å². The highest BCUT2D eigenvalue weighted by Gasteiger charge is 2.67. The van der Waals surface area contributed by atoms with Gasteiger partial charge in [0.2, 0.25) is 0 Å². The second-order valence-electron chi connectivity index (χ2n) is 15.3. The van der Waals surface area contributed by atoms with Crippen LogP contribution in [0.15, 0.2) is 12.7 Å². The van der Waals surface area contributed by atoms with Gasteiger partial charge in [-0.3, -0.25) is 14.5 Å². The van der Waals surface area contributed by atoms with E-state index in [1.165, 1.54) is 64.5 Å². The number of nitrogens with zero attached hydrogens (tertiary/aromatic N) is 2. The van der Waals surface area contributed by atoms with Crippen LogP contribution in [0.1, 0.15) is 98.3 Å². The summed E-state index contributed by atoms with van der Waals surface area (Å²) in [4.78, 5) is 27.3. The third kappa shape index (κ3) is 5.26. The minimum atomic E-state index is -0.119. The van der Waals surface area contributed by atoms with Gasteiger partial charge in [-0.25, -0.2) is 0 Å². The molecule has 6 aliphatic rings. The largest absolute Gasteiger partial charge is 1.00 e. The first-order valence-electron chi connectivity index (χ1n) is 16.7. The molecule has 0 aromatic rings. The van der Waals surface area contributed by atoms with Gasteiger partial charge < -0.3 is 30.9 Å². The average molecular weight is 636 g/mol. The molecule has 0 bridgehead atoms. The first-order valence-corrected chi connectivity index (χ1v) is 16.7. The third-order valence-corrected chi connectivity index (χ3v) is 13.5. The lowest BCUT2D eigenvalue weighted by Gasteiger charge is -2.62. The molecule has 4 unspecified atom stereocenters. The minimum Gasteiger partial charge on any atom is -1.00 e. The Kier molecular flexibility index (Phi) is 9.12. The Labute approximate surface area is 259 Å². The molecule has 6 fully saturated rings. The van der Waals surface area contributed by atoms with Gasteiger partial charge in [-0.2, -0.15) is 0 Å². The molecule has 6 rings (SSSR count). The van der Waals surface area contributed by atoms with Crippen LogP contribution < -0.4 is 17.0 Å². The number of likely N-dealkylation sites (tertiary alicyclic amines) is 2. The zero-order valence-corrected chi connectivity index (χ0v) is 27.7. The number of hydrogen-bond acceptors (Lipinski definition) is 5. The topological polar surface area (TPSA) is 55.8 Å². The van der Waals surface area contributed by atoms with Crippen LogP contribution in [-0.4, -0.2) is 78.3 Å². The summed E-state index contributed by atoms with van der Waals surface area (Å²) in [6.45, 7) is 18.1. The fourth-order valence-electron chi connectivity index (χ4n) is 11.8. The summed E-state index contributed by atoms with van der Waals surface area (Å²) in [7, 11) is 0. The van der Waals surface area contributed by atoms with Crippen LogP contribution in [-0.2, 0) is 19.1 Å². The van der Waals surface area contributed by atoms with E-state index in [1.807, 2.05) is 0 Å². The van der Waals surface area contributed by atoms with E-state index in [1.54, 1.807) is 13.8 Å². The molecular formula is C34H55BrN2O4. The smallest absolute Gasteiger partial charge is 0.303 e. The van der Waals surface area contributed by atoms with Gasteiger partial charge in [0.25, 0.3) is 0 Å². The summed E-state index contributed by atoms with van der Waals surface area (Å²) in [5.74, 6) is 2.40. The summed E-state index contributed by atoms with van der Waals surface area (Å²) in [6.07, 6.45) is 15.5. The highest BCUT2D eigenvalue weighted by Crippen LogP contribution is 2.68. The Balaban J connectivity index is 0.00000337. The van der Waals surface area contributed by atoms with Crippen LogP contribution in [0.4, 0.5) is 0 Å². The first kappa shape index (κ1) is 31.5. The number of esters is 2. The van der Waals surface area contributed by atoms with Crippen molar-refractivity contribution in [2.45, 2.75) is 123 Å². The van der Waals surface area contributed by atoms with E-state index in [2.05, 4.69) is 31.4 Å². The zero-order chi connectivity index (χ0) is 28.3. The first-order chi connectivity index (χ1) is 19.1. The van der Waals surface area contributed by atoms with Gasteiger partial charge in [-0.15, -0.1) is 0 Å². The lowest BCUT2D eigenvalue weighted by molar-refractivity contribution is -0.937. The van der Waals surface area contributed by atoms with Gasteiger partial charge >= 0.3 is 11.9 Å². The lowest BCUT2D eigenvalue weighted by Crippen LogP contribution is -3.00. The normalized spacial score (nSPS) is 45.1. The average Bonchev–Trinajstić information content (AvgIpc) is 3.64. The molecule has 2 heterocycles. The molecule has 10 atom stereocenters. The maximum absolute atomic E-state index is 12.5. The molecular weight excluding hydrogens is 580 g/mol. The van der Waals surface area contributed by atoms with Crippen LogP contribution in [0.5, 0.6) is 0 Å². The van der Waals surface area contributed by atoms with Crippen LogP contribution in [0.3, 0.4) is 0 Å². The predicted octanol–water partition coefficient (Wildman–Crippen LogP) is 2.75. The quantitative estimate of drug-likeness (QED) is 0.256. The Morgan fingerprint density at radius 2 is 1.61 bits per heavy atom. The number of fused-ring (bicyclic) bond motifs is 5. The van der Waals surface area contributed by atoms with E-state index < -0.39 is 0 Å². The molecule has 0 amide bonds. The van der Waals surface area contributed by atoms with Gasteiger partial charge in [0.15, 0.2) is 6.10 Å². The van der Waals surface area contributed by atoms with Gasteiger partial charge in [-0.05, 0) is 99.6 Å². The van der Waals surface area contributed by atoms with Crippen LogP contribution in [0, 0.1) is 34.5 Å². The fourth-order valence-corrected chi connectivity index (χ4v) is 11.8. The van der Waals surface area contributed by atoms with Crippen molar-refractivity contribution in [3.63, 3.8) is 0 Å². The summed E-state index contributed by atoms with van der Waals surface area (Å²) in [5.41, 5.74) is 0.337. The van der Waals surface area contributed by atoms with Crippen LogP contribution in [0.25, 0.3) is 0 Å². The molecule has 4 aliphatic carbocycles. The third-order valence-electron chi connectivity index (χ3n) is 13.5. The summed E-state index contributed by atoms with van der Waals surface area (Å²) < 4.78 is 13.5. The van der Waals surface area contributed by atoms with Crippen molar-refractivity contribution in [1.82, 2.24) is 4.90 Å². The second kappa shape index (κ2) is 11.9. The van der Waals surface area contributed by atoms with E-state index in [0.29, 0.717) is 35.8 Å². The van der Waals surface area contributed by atoms with Crippen molar-refractivity contribution in [2.24, 2.45) is 34.5 Å². The van der Waals surface area contributed by atoms with Crippen molar-refractivity contribution in [3.8, 4) is 0 Å². The van der Waals surface area contributed by atoms with E-state index in [4.69, 9.17) is 9.47 Å². The fraction of sp³-hybridized carbons (Fsp3) is 0.882. The number of carbonyl (C=O) groups excluding carboxylic acids is 2. The number of quaternary nitrogens is 1. The maximum atomic E-state index is 12.5. The van der Waals surface area contributed by atoms with Gasteiger partial charge in [0.1, 0.15) is 12.1 Å². The number of hydrogen-bond donors (Lipinski definition) is 0. The summed E-state index contributed by atoms with van der Waals surface area (Å²) in [6, 6.07) is 0.747. The van der Waals surface area contributed by atoms with Gasteiger partial charge in [-0.1, -0.05) is 20.4 Å². The highest BCUT2D eigenvalue weighted by atomic mass is 79.9. The molecule has 4 saturated carbocycles. The van der Waals surface area contributed by atoms with Crippen molar-refractivity contribution in [3.05, 3.63) is 12.7 Å². The van der Waals surface area contributed by atoms with Crippen molar-refractivity contribution >= 4 is 11.9 Å². The molecule has 41 heavy (non-hydrogen) atoms. The highest BCUT2D eigenvalue weighted by molar-refractivity contribution is 5.66. The van der Waals surface area contributed by atoms with Gasteiger partial charge in [0.05, 0.1) is 19.6 Å². The minimum absolute atomic E-state index is 0. The molecule has 0 N–H and O–H groups in total. The molecule has 7 heteroatoms. The van der Waals surface area contributed by atoms with Crippen molar-refractivity contribution < 1.29 is 40.5 Å². The monoisotopic (exact) mass is 634 g/mol. The van der Waals surface area contributed by atoms with E-state index in [9.17, 15) is 9.59 Å². The lowest BCUT2D eigenvalue weighted by atomic mass is 9.44. The molecule has 2 aliphatic heterocycles. The molecule has 232 valence electrons.